The van der Waals surface area contributed by atoms with Gasteiger partial charge >= 0.3 is 6.55 Å². The van der Waals surface area contributed by atoms with Crippen molar-refractivity contribution in [3.05, 3.63) is 99.7 Å². The van der Waals surface area contributed by atoms with Crippen LogP contribution in [0.2, 0.25) is 0 Å². The largest absolute Gasteiger partial charge is 0.354 e. The maximum absolute atomic E-state index is 13.9. The molecule has 0 bridgehead atoms. The SMILES string of the molecule is C[C@@H]1N=C(c2ccc(=O)n(C(F)F)c2)N[C@@]1(c1ccc(F)cc1)c1ccnc(F)c1. The Morgan fingerprint density at radius 1 is 1.07 bits per heavy atom. The normalized spacial score (nSPS) is 20.9. The minimum Gasteiger partial charge on any atom is -0.354 e. The molecule has 3 heterocycles. The summed E-state index contributed by atoms with van der Waals surface area (Å²) in [6.07, 6.45) is 2.32. The number of pyridine rings is 2. The predicted molar refractivity (Wildman–Crippen MR) is 102 cm³/mol. The van der Waals surface area contributed by atoms with Crippen LogP contribution in [0.1, 0.15) is 30.2 Å². The van der Waals surface area contributed by atoms with Crippen molar-refractivity contribution in [2.24, 2.45) is 4.99 Å². The summed E-state index contributed by atoms with van der Waals surface area (Å²) in [5, 5.41) is 3.21. The first-order chi connectivity index (χ1) is 14.3. The van der Waals surface area contributed by atoms with Gasteiger partial charge in [-0.15, -0.1) is 0 Å². The minimum absolute atomic E-state index is 0.249. The quantitative estimate of drug-likeness (QED) is 0.522. The molecular formula is C21H16F4N4O. The summed E-state index contributed by atoms with van der Waals surface area (Å²) in [5.74, 6) is -0.897. The molecule has 0 aliphatic carbocycles. The van der Waals surface area contributed by atoms with Gasteiger partial charge in [-0.3, -0.25) is 14.4 Å². The topological polar surface area (TPSA) is 59.3 Å². The van der Waals surface area contributed by atoms with E-state index in [0.29, 0.717) is 15.7 Å². The summed E-state index contributed by atoms with van der Waals surface area (Å²) in [7, 11) is 0. The minimum atomic E-state index is -3.01. The van der Waals surface area contributed by atoms with Crippen molar-refractivity contribution in [3.63, 3.8) is 0 Å². The molecule has 0 fully saturated rings. The summed E-state index contributed by atoms with van der Waals surface area (Å²) in [6, 6.07) is 10.4. The van der Waals surface area contributed by atoms with Gasteiger partial charge in [-0.2, -0.15) is 13.2 Å². The van der Waals surface area contributed by atoms with E-state index in [1.165, 1.54) is 30.5 Å². The van der Waals surface area contributed by atoms with Crippen molar-refractivity contribution in [2.45, 2.75) is 25.1 Å². The molecule has 154 valence electrons. The molecule has 1 aliphatic heterocycles. The molecular weight excluding hydrogens is 400 g/mol. The van der Waals surface area contributed by atoms with E-state index in [2.05, 4.69) is 15.3 Å². The predicted octanol–water partition coefficient (Wildman–Crippen LogP) is 3.60. The fourth-order valence-corrected chi connectivity index (χ4v) is 3.71. The Morgan fingerprint density at radius 2 is 1.80 bits per heavy atom. The summed E-state index contributed by atoms with van der Waals surface area (Å²) in [4.78, 5) is 19.8. The first-order valence-electron chi connectivity index (χ1n) is 9.06. The third-order valence-corrected chi connectivity index (χ3v) is 5.17. The molecule has 0 spiro atoms. The average Bonchev–Trinajstić information content (AvgIpc) is 3.07. The van der Waals surface area contributed by atoms with E-state index >= 15 is 0 Å². The van der Waals surface area contributed by atoms with Crippen LogP contribution in [0.5, 0.6) is 0 Å². The van der Waals surface area contributed by atoms with Crippen LogP contribution in [-0.4, -0.2) is 21.4 Å². The highest BCUT2D eigenvalue weighted by atomic mass is 19.3. The van der Waals surface area contributed by atoms with Crippen LogP contribution in [0.15, 0.2) is 70.7 Å². The van der Waals surface area contributed by atoms with Gasteiger partial charge in [0.2, 0.25) is 5.95 Å². The van der Waals surface area contributed by atoms with E-state index in [1.54, 1.807) is 25.1 Å². The van der Waals surface area contributed by atoms with Gasteiger partial charge in [-0.25, -0.2) is 9.37 Å². The molecule has 9 heteroatoms. The van der Waals surface area contributed by atoms with Crippen molar-refractivity contribution in [3.8, 4) is 0 Å². The number of halogens is 4. The highest BCUT2D eigenvalue weighted by molar-refractivity contribution is 6.01. The summed E-state index contributed by atoms with van der Waals surface area (Å²) in [5.41, 5.74) is -0.599. The molecule has 3 aromatic rings. The number of hydrogen-bond donors (Lipinski definition) is 1. The first-order valence-corrected chi connectivity index (χ1v) is 9.06. The molecule has 30 heavy (non-hydrogen) atoms. The zero-order valence-electron chi connectivity index (χ0n) is 15.7. The second-order valence-corrected chi connectivity index (χ2v) is 6.90. The van der Waals surface area contributed by atoms with E-state index in [1.807, 2.05) is 0 Å². The van der Waals surface area contributed by atoms with Gasteiger partial charge in [0, 0.05) is 24.0 Å². The van der Waals surface area contributed by atoms with E-state index in [4.69, 9.17) is 0 Å². The lowest BCUT2D eigenvalue weighted by molar-refractivity contribution is 0.0663. The number of nitrogens with zero attached hydrogens (tertiary/aromatic N) is 3. The van der Waals surface area contributed by atoms with Gasteiger partial charge in [-0.1, -0.05) is 12.1 Å². The Kier molecular flexibility index (Phi) is 4.89. The number of nitrogens with one attached hydrogen (secondary N) is 1. The molecule has 0 radical (unpaired) electrons. The zero-order valence-corrected chi connectivity index (χ0v) is 15.7. The average molecular weight is 416 g/mol. The maximum atomic E-state index is 13.9. The molecule has 1 aromatic carbocycles. The van der Waals surface area contributed by atoms with Crippen molar-refractivity contribution in [2.75, 3.05) is 0 Å². The van der Waals surface area contributed by atoms with Gasteiger partial charge in [-0.05, 0) is 48.4 Å². The van der Waals surface area contributed by atoms with E-state index < -0.39 is 35.5 Å². The Bertz CT molecular complexity index is 1180. The number of rotatable bonds is 4. The third kappa shape index (κ3) is 3.26. The van der Waals surface area contributed by atoms with Crippen LogP contribution >= 0.6 is 0 Å². The molecule has 2 atom stereocenters. The van der Waals surface area contributed by atoms with E-state index in [-0.39, 0.29) is 11.4 Å². The summed E-state index contributed by atoms with van der Waals surface area (Å²) < 4.78 is 54.1. The number of benzene rings is 1. The summed E-state index contributed by atoms with van der Waals surface area (Å²) >= 11 is 0. The van der Waals surface area contributed by atoms with Crippen LogP contribution in [-0.2, 0) is 5.54 Å². The maximum Gasteiger partial charge on any atom is 0.321 e. The second kappa shape index (κ2) is 7.40. The highest BCUT2D eigenvalue weighted by Gasteiger charge is 2.45. The lowest BCUT2D eigenvalue weighted by Crippen LogP contribution is -2.48. The second-order valence-electron chi connectivity index (χ2n) is 6.90. The lowest BCUT2D eigenvalue weighted by Gasteiger charge is -2.35. The van der Waals surface area contributed by atoms with Crippen LogP contribution in [0, 0.1) is 11.8 Å². The van der Waals surface area contributed by atoms with Crippen LogP contribution in [0.3, 0.4) is 0 Å². The summed E-state index contributed by atoms with van der Waals surface area (Å²) in [6.45, 7) is -1.24. The Hall–Kier alpha value is -3.49. The molecule has 5 nitrogen and oxygen atoms in total. The Morgan fingerprint density at radius 3 is 2.47 bits per heavy atom. The number of alkyl halides is 2. The third-order valence-electron chi connectivity index (χ3n) is 5.17. The number of hydrogen-bond acceptors (Lipinski definition) is 4. The van der Waals surface area contributed by atoms with Crippen molar-refractivity contribution < 1.29 is 17.6 Å². The van der Waals surface area contributed by atoms with Gasteiger partial charge in [0.1, 0.15) is 17.2 Å². The van der Waals surface area contributed by atoms with Gasteiger partial charge in [0.25, 0.3) is 5.56 Å². The fraction of sp³-hybridized carbons (Fsp3) is 0.190. The van der Waals surface area contributed by atoms with E-state index in [0.717, 1.165) is 12.3 Å². The molecule has 0 saturated carbocycles. The molecule has 4 rings (SSSR count). The Balaban J connectivity index is 1.85. The monoisotopic (exact) mass is 416 g/mol. The van der Waals surface area contributed by atoms with Gasteiger partial charge in [0.15, 0.2) is 0 Å². The van der Waals surface area contributed by atoms with Crippen LogP contribution in [0.25, 0.3) is 0 Å². The van der Waals surface area contributed by atoms with Crippen molar-refractivity contribution in [1.29, 1.82) is 0 Å². The van der Waals surface area contributed by atoms with Crippen molar-refractivity contribution >= 4 is 5.84 Å². The Labute approximate surface area is 168 Å². The number of amidine groups is 1. The molecule has 0 amide bonds. The van der Waals surface area contributed by atoms with Gasteiger partial charge < -0.3 is 5.32 Å². The van der Waals surface area contributed by atoms with Crippen molar-refractivity contribution in [1.82, 2.24) is 14.9 Å². The standard InChI is InChI=1S/C21H16F4N4O/c1-12-21(14-3-5-16(22)6-4-14,15-8-9-26-17(23)10-15)28-19(27-12)13-2-7-18(30)29(11-13)20(24)25/h2-12,20H,1H3,(H,27,28)/t12-,21-/m0/s1. The van der Waals surface area contributed by atoms with Gasteiger partial charge in [0.05, 0.1) is 6.04 Å². The van der Waals surface area contributed by atoms with Crippen LogP contribution in [0.4, 0.5) is 17.6 Å². The molecule has 2 aromatic heterocycles. The number of aliphatic imine (C=N–C) groups is 1. The van der Waals surface area contributed by atoms with E-state index in [9.17, 15) is 22.4 Å². The zero-order chi connectivity index (χ0) is 21.5. The first kappa shape index (κ1) is 19.8. The highest BCUT2D eigenvalue weighted by Crippen LogP contribution is 2.38. The smallest absolute Gasteiger partial charge is 0.321 e. The molecule has 0 saturated heterocycles. The number of aromatic nitrogens is 2. The molecule has 0 unspecified atom stereocenters. The fourth-order valence-electron chi connectivity index (χ4n) is 3.71. The van der Waals surface area contributed by atoms with Crippen LogP contribution < -0.4 is 10.9 Å². The lowest BCUT2D eigenvalue weighted by atomic mass is 9.78. The molecule has 1 aliphatic rings. The molecule has 1 N–H and O–H groups in total.